The third kappa shape index (κ3) is 6.77. The van der Waals surface area contributed by atoms with Crippen LogP contribution in [0.15, 0.2) is 33.2 Å². The molecule has 1 heterocycles. The number of nitrogen functional groups attached to an aromatic ring is 1. The van der Waals surface area contributed by atoms with Crippen molar-refractivity contribution in [2.75, 3.05) is 65.0 Å². The Morgan fingerprint density at radius 1 is 1.06 bits per heavy atom. The summed E-state index contributed by atoms with van der Waals surface area (Å²) in [6.45, 7) is 4.14. The molecule has 3 N–H and O–H groups in total. The summed E-state index contributed by atoms with van der Waals surface area (Å²) < 4.78 is 12.6. The number of anilines is 2. The zero-order valence-electron chi connectivity index (χ0n) is 19.4. The molecule has 0 fully saturated rings. The number of rotatable bonds is 10. The van der Waals surface area contributed by atoms with E-state index in [4.69, 9.17) is 15.2 Å². The first-order valence-corrected chi connectivity index (χ1v) is 12.6. The van der Waals surface area contributed by atoms with Crippen LogP contribution in [-0.4, -0.2) is 69.7 Å². The van der Waals surface area contributed by atoms with Gasteiger partial charge in [-0.25, -0.2) is 0 Å². The molecule has 0 aliphatic carbocycles. The van der Waals surface area contributed by atoms with Crippen molar-refractivity contribution in [2.45, 2.75) is 19.3 Å². The number of nitrogens with one attached hydrogen (secondary N) is 1. The number of ether oxygens (including phenoxy) is 2. The van der Waals surface area contributed by atoms with Gasteiger partial charge in [-0.3, -0.25) is 4.79 Å². The number of halogens is 2. The van der Waals surface area contributed by atoms with Crippen molar-refractivity contribution in [3.63, 3.8) is 0 Å². The molecule has 0 bridgehead atoms. The van der Waals surface area contributed by atoms with E-state index in [1.54, 1.807) is 14.2 Å². The highest BCUT2D eigenvalue weighted by Gasteiger charge is 2.22. The van der Waals surface area contributed by atoms with Gasteiger partial charge in [0.1, 0.15) is 0 Å². The number of nitrogens with two attached hydrogens (primary N) is 1. The molecule has 2 aromatic rings. The van der Waals surface area contributed by atoms with Gasteiger partial charge in [-0.05, 0) is 93.7 Å². The van der Waals surface area contributed by atoms with Crippen LogP contribution in [-0.2, 0) is 17.6 Å². The normalized spacial score (nSPS) is 13.6. The Kier molecular flexibility index (Phi) is 9.28. The number of hydrogen-bond donors (Lipinski definition) is 2. The van der Waals surface area contributed by atoms with Crippen LogP contribution in [0.5, 0.6) is 11.5 Å². The third-order valence-electron chi connectivity index (χ3n) is 5.92. The van der Waals surface area contributed by atoms with Gasteiger partial charge in [-0.2, -0.15) is 0 Å². The Bertz CT molecular complexity index is 963. The fourth-order valence-corrected chi connectivity index (χ4v) is 5.16. The lowest BCUT2D eigenvalue weighted by molar-refractivity contribution is -0.130. The molecule has 0 saturated carbocycles. The second-order valence-corrected chi connectivity index (χ2v) is 9.93. The van der Waals surface area contributed by atoms with E-state index >= 15 is 0 Å². The van der Waals surface area contributed by atoms with Gasteiger partial charge in [0.05, 0.1) is 26.3 Å². The Labute approximate surface area is 212 Å². The summed E-state index contributed by atoms with van der Waals surface area (Å²) in [5.41, 5.74) is 9.85. The number of fused-ring (bicyclic) bond motifs is 1. The molecular weight excluding hydrogens is 552 g/mol. The Morgan fingerprint density at radius 3 is 2.33 bits per heavy atom. The summed E-state index contributed by atoms with van der Waals surface area (Å²) in [5.74, 6) is 1.56. The molecule has 0 saturated heterocycles. The fraction of sp³-hybridized carbons (Fsp3) is 0.458. The lowest BCUT2D eigenvalue weighted by Gasteiger charge is -2.23. The number of amides is 1. The standard InChI is InChI=1S/C24H32Br2N4O3/c1-29(10-6-28-18-14-19(25)24(27)20(26)15-18)7-4-8-30-9-5-16-11-21(32-2)22(33-3)12-17(16)13-23(30)31/h11-12,14-15,28H,4-10,13,27H2,1-3H3. The molecule has 7 nitrogen and oxygen atoms in total. The lowest BCUT2D eigenvalue weighted by Crippen LogP contribution is -2.35. The number of likely N-dealkylation sites (N-methyl/N-ethyl adjacent to an activating group) is 1. The Balaban J connectivity index is 1.44. The first kappa shape index (κ1) is 25.6. The Morgan fingerprint density at radius 2 is 1.70 bits per heavy atom. The minimum atomic E-state index is 0.171. The van der Waals surface area contributed by atoms with E-state index in [1.165, 1.54) is 0 Å². The summed E-state index contributed by atoms with van der Waals surface area (Å²) >= 11 is 6.95. The first-order valence-electron chi connectivity index (χ1n) is 11.0. The van der Waals surface area contributed by atoms with Gasteiger partial charge in [0, 0.05) is 40.8 Å². The third-order valence-corrected chi connectivity index (χ3v) is 7.23. The van der Waals surface area contributed by atoms with Crippen LogP contribution in [0.4, 0.5) is 11.4 Å². The summed E-state index contributed by atoms with van der Waals surface area (Å²) in [7, 11) is 5.36. The van der Waals surface area contributed by atoms with E-state index in [0.717, 1.165) is 71.3 Å². The molecule has 0 spiro atoms. The van der Waals surface area contributed by atoms with Gasteiger partial charge >= 0.3 is 0 Å². The van der Waals surface area contributed by atoms with Gasteiger partial charge in [0.25, 0.3) is 0 Å². The smallest absolute Gasteiger partial charge is 0.227 e. The number of nitrogens with zero attached hydrogens (tertiary/aromatic N) is 2. The van der Waals surface area contributed by atoms with Crippen molar-refractivity contribution in [1.82, 2.24) is 9.80 Å². The minimum absolute atomic E-state index is 0.171. The summed E-state index contributed by atoms with van der Waals surface area (Å²) in [6.07, 6.45) is 2.17. The molecule has 1 aliphatic rings. The zero-order valence-corrected chi connectivity index (χ0v) is 22.6. The molecule has 0 radical (unpaired) electrons. The lowest BCUT2D eigenvalue weighted by atomic mass is 10.0. The fourth-order valence-electron chi connectivity index (χ4n) is 3.97. The predicted molar refractivity (Wildman–Crippen MR) is 140 cm³/mol. The van der Waals surface area contributed by atoms with Crippen molar-refractivity contribution in [3.8, 4) is 11.5 Å². The molecule has 1 aliphatic heterocycles. The van der Waals surface area contributed by atoms with Crippen LogP contribution in [0.25, 0.3) is 0 Å². The molecule has 180 valence electrons. The molecule has 0 aromatic heterocycles. The predicted octanol–water partition coefficient (Wildman–Crippen LogP) is 4.17. The van der Waals surface area contributed by atoms with Gasteiger partial charge < -0.3 is 30.3 Å². The van der Waals surface area contributed by atoms with Crippen LogP contribution in [0.1, 0.15) is 17.5 Å². The van der Waals surface area contributed by atoms with Crippen molar-refractivity contribution >= 4 is 49.1 Å². The number of carbonyl (C=O) groups is 1. The molecule has 33 heavy (non-hydrogen) atoms. The maximum Gasteiger partial charge on any atom is 0.227 e. The second-order valence-electron chi connectivity index (χ2n) is 8.22. The van der Waals surface area contributed by atoms with Crippen LogP contribution in [0.3, 0.4) is 0 Å². The molecule has 2 aromatic carbocycles. The van der Waals surface area contributed by atoms with E-state index in [-0.39, 0.29) is 5.91 Å². The number of hydrogen-bond acceptors (Lipinski definition) is 6. The molecular formula is C24H32Br2N4O3. The highest BCUT2D eigenvalue weighted by atomic mass is 79.9. The number of benzene rings is 2. The quantitative estimate of drug-likeness (QED) is 0.409. The summed E-state index contributed by atoms with van der Waals surface area (Å²) in [4.78, 5) is 17.1. The van der Waals surface area contributed by atoms with Crippen LogP contribution in [0, 0.1) is 0 Å². The van der Waals surface area contributed by atoms with E-state index < -0.39 is 0 Å². The minimum Gasteiger partial charge on any atom is -0.493 e. The Hall–Kier alpha value is -1.97. The van der Waals surface area contributed by atoms with Crippen LogP contribution < -0.4 is 20.5 Å². The maximum atomic E-state index is 12.8. The van der Waals surface area contributed by atoms with E-state index in [1.807, 2.05) is 29.2 Å². The molecule has 3 rings (SSSR count). The average Bonchev–Trinajstić information content (AvgIpc) is 2.94. The van der Waals surface area contributed by atoms with Gasteiger partial charge in [0.15, 0.2) is 11.5 Å². The van der Waals surface area contributed by atoms with E-state index in [0.29, 0.717) is 23.6 Å². The van der Waals surface area contributed by atoms with Crippen molar-refractivity contribution in [1.29, 1.82) is 0 Å². The zero-order chi connectivity index (χ0) is 24.0. The largest absolute Gasteiger partial charge is 0.493 e. The number of methoxy groups -OCH3 is 2. The monoisotopic (exact) mass is 582 g/mol. The second kappa shape index (κ2) is 11.9. The molecule has 9 heteroatoms. The van der Waals surface area contributed by atoms with Crippen LogP contribution in [0.2, 0.25) is 0 Å². The van der Waals surface area contributed by atoms with Gasteiger partial charge in [-0.15, -0.1) is 0 Å². The van der Waals surface area contributed by atoms with Crippen LogP contribution >= 0.6 is 31.9 Å². The maximum absolute atomic E-state index is 12.8. The highest BCUT2D eigenvalue weighted by Crippen LogP contribution is 2.33. The van der Waals surface area contributed by atoms with E-state index in [9.17, 15) is 4.79 Å². The van der Waals surface area contributed by atoms with Crippen molar-refractivity contribution in [2.24, 2.45) is 0 Å². The molecule has 0 unspecified atom stereocenters. The average molecular weight is 584 g/mol. The number of carbonyl (C=O) groups excluding carboxylic acids is 1. The van der Waals surface area contributed by atoms with Gasteiger partial charge in [0.2, 0.25) is 5.91 Å². The van der Waals surface area contributed by atoms with Gasteiger partial charge in [-0.1, -0.05) is 0 Å². The van der Waals surface area contributed by atoms with Crippen molar-refractivity contribution < 1.29 is 14.3 Å². The molecule has 0 atom stereocenters. The highest BCUT2D eigenvalue weighted by molar-refractivity contribution is 9.11. The van der Waals surface area contributed by atoms with Crippen molar-refractivity contribution in [3.05, 3.63) is 44.3 Å². The SMILES string of the molecule is COc1cc2c(cc1OC)CC(=O)N(CCCN(C)CCNc1cc(Br)c(N)c(Br)c1)CC2. The first-order chi connectivity index (χ1) is 15.8. The summed E-state index contributed by atoms with van der Waals surface area (Å²) in [5, 5.41) is 3.43. The molecule has 1 amide bonds. The summed E-state index contributed by atoms with van der Waals surface area (Å²) in [6, 6.07) is 7.90. The topological polar surface area (TPSA) is 80.1 Å². The van der Waals surface area contributed by atoms with E-state index in [2.05, 4.69) is 49.1 Å².